The van der Waals surface area contributed by atoms with E-state index in [0.29, 0.717) is 13.1 Å². The first-order chi connectivity index (χ1) is 17.2. The second kappa shape index (κ2) is 9.59. The van der Waals surface area contributed by atoms with Crippen LogP contribution in [-0.2, 0) is 25.9 Å². The van der Waals surface area contributed by atoms with Gasteiger partial charge in [0.1, 0.15) is 5.00 Å². The Hall–Kier alpha value is -2.96. The predicted octanol–water partition coefficient (Wildman–Crippen LogP) is 6.95. The summed E-state index contributed by atoms with van der Waals surface area (Å²) in [6.07, 6.45) is 9.03. The third-order valence-electron chi connectivity index (χ3n) is 7.16. The molecule has 1 aliphatic carbocycles. The van der Waals surface area contributed by atoms with Gasteiger partial charge in [0.25, 0.3) is 0 Å². The van der Waals surface area contributed by atoms with Crippen LogP contribution in [0.5, 0.6) is 0 Å². The summed E-state index contributed by atoms with van der Waals surface area (Å²) in [5.41, 5.74) is 6.21. The van der Waals surface area contributed by atoms with Crippen LogP contribution in [0.25, 0.3) is 5.00 Å². The average Bonchev–Trinajstić information content (AvgIpc) is 3.50. The molecule has 0 saturated carbocycles. The van der Waals surface area contributed by atoms with Gasteiger partial charge in [0.15, 0.2) is 0 Å². The quantitative estimate of drug-likeness (QED) is 0.308. The molecule has 0 saturated heterocycles. The maximum Gasteiger partial charge on any atom is 0.318 e. The van der Waals surface area contributed by atoms with Gasteiger partial charge in [-0.1, -0.05) is 42.5 Å². The number of aromatic nitrogens is 1. The molecule has 0 bridgehead atoms. The van der Waals surface area contributed by atoms with E-state index >= 15 is 0 Å². The van der Waals surface area contributed by atoms with E-state index in [1.807, 2.05) is 29.5 Å². The highest BCUT2D eigenvalue weighted by Gasteiger charge is 2.36. The van der Waals surface area contributed by atoms with Crippen molar-refractivity contribution < 1.29 is 4.79 Å². The van der Waals surface area contributed by atoms with Gasteiger partial charge >= 0.3 is 6.03 Å². The molecule has 0 unspecified atom stereocenters. The SMILES string of the molecule is CSc1ccc([C@H]2c3cccn3-c3sc4c(c3CN2C(=O)NCc2ccccc2)CCCC4)cc1. The van der Waals surface area contributed by atoms with Gasteiger partial charge in [-0.2, -0.15) is 0 Å². The van der Waals surface area contributed by atoms with Crippen LogP contribution in [0.1, 0.15) is 51.7 Å². The standard InChI is InChI=1S/C29H29N3OS2/c1-34-22-15-13-21(14-16-22)27-25-11-7-17-31(25)28-24(23-10-5-6-12-26(23)35-28)19-32(27)29(33)30-18-20-8-3-2-4-9-20/h2-4,7-9,11,13-17,27H,5-6,10,12,18-19H2,1H3,(H,30,33)/t27-/m0/s1. The summed E-state index contributed by atoms with van der Waals surface area (Å²) in [4.78, 5) is 18.7. The van der Waals surface area contributed by atoms with E-state index in [1.165, 1.54) is 38.7 Å². The molecule has 1 N–H and O–H groups in total. The molecular formula is C29H29N3OS2. The molecule has 2 amide bonds. The third-order valence-corrected chi connectivity index (χ3v) is 9.23. The number of thiophene rings is 1. The van der Waals surface area contributed by atoms with Crippen molar-refractivity contribution in [2.24, 2.45) is 0 Å². The minimum Gasteiger partial charge on any atom is -0.334 e. The van der Waals surface area contributed by atoms with Crippen LogP contribution < -0.4 is 5.32 Å². The van der Waals surface area contributed by atoms with Gasteiger partial charge in [0, 0.05) is 28.1 Å². The normalized spacial score (nSPS) is 16.7. The fraction of sp³-hybridized carbons (Fsp3) is 0.276. The molecule has 3 heterocycles. The monoisotopic (exact) mass is 499 g/mol. The molecule has 0 fully saturated rings. The smallest absolute Gasteiger partial charge is 0.318 e. The van der Waals surface area contributed by atoms with Crippen LogP contribution in [0, 0.1) is 0 Å². The van der Waals surface area contributed by atoms with E-state index in [1.54, 1.807) is 11.8 Å². The Morgan fingerprint density at radius 2 is 1.80 bits per heavy atom. The Morgan fingerprint density at radius 3 is 2.60 bits per heavy atom. The van der Waals surface area contributed by atoms with E-state index in [2.05, 4.69) is 75.8 Å². The maximum atomic E-state index is 13.9. The van der Waals surface area contributed by atoms with Crippen molar-refractivity contribution in [1.82, 2.24) is 14.8 Å². The molecule has 35 heavy (non-hydrogen) atoms. The highest BCUT2D eigenvalue weighted by Crippen LogP contribution is 2.44. The molecule has 4 nitrogen and oxygen atoms in total. The summed E-state index contributed by atoms with van der Waals surface area (Å²) in [6.45, 7) is 1.14. The van der Waals surface area contributed by atoms with Crippen LogP contribution in [-0.4, -0.2) is 21.8 Å². The zero-order valence-corrected chi connectivity index (χ0v) is 21.5. The second-order valence-electron chi connectivity index (χ2n) is 9.25. The van der Waals surface area contributed by atoms with Crippen LogP contribution in [0.3, 0.4) is 0 Å². The number of carbonyl (C=O) groups excluding carboxylic acids is 1. The first-order valence-electron chi connectivity index (χ1n) is 12.3. The minimum atomic E-state index is -0.157. The van der Waals surface area contributed by atoms with E-state index < -0.39 is 0 Å². The zero-order valence-electron chi connectivity index (χ0n) is 19.9. The Balaban J connectivity index is 1.44. The van der Waals surface area contributed by atoms with Gasteiger partial charge in [-0.15, -0.1) is 23.1 Å². The van der Waals surface area contributed by atoms with Crippen LogP contribution in [0.2, 0.25) is 0 Å². The minimum absolute atomic E-state index is 0.0239. The number of rotatable bonds is 4. The number of nitrogens with zero attached hydrogens (tertiary/aromatic N) is 2. The summed E-state index contributed by atoms with van der Waals surface area (Å²) in [6, 6.07) is 22.9. The lowest BCUT2D eigenvalue weighted by molar-refractivity contribution is 0.180. The van der Waals surface area contributed by atoms with Crippen molar-refractivity contribution in [2.45, 2.75) is 49.7 Å². The summed E-state index contributed by atoms with van der Waals surface area (Å²) in [5.74, 6) is 0. The average molecular weight is 500 g/mol. The highest BCUT2D eigenvalue weighted by atomic mass is 32.2. The number of carbonyl (C=O) groups is 1. The number of hydrogen-bond acceptors (Lipinski definition) is 3. The number of hydrogen-bond donors (Lipinski definition) is 1. The molecule has 1 atom stereocenters. The van der Waals surface area contributed by atoms with Crippen LogP contribution in [0.15, 0.2) is 77.8 Å². The van der Waals surface area contributed by atoms with Crippen molar-refractivity contribution >= 4 is 29.1 Å². The van der Waals surface area contributed by atoms with Gasteiger partial charge < -0.3 is 14.8 Å². The molecule has 178 valence electrons. The summed E-state index contributed by atoms with van der Waals surface area (Å²) in [5, 5.41) is 4.51. The van der Waals surface area contributed by atoms with Gasteiger partial charge in [-0.25, -0.2) is 4.79 Å². The molecule has 6 heteroatoms. The summed E-state index contributed by atoms with van der Waals surface area (Å²) in [7, 11) is 0. The second-order valence-corrected chi connectivity index (χ2v) is 11.2. The largest absolute Gasteiger partial charge is 0.334 e. The Labute approximate surface area is 215 Å². The first kappa shape index (κ1) is 22.5. The molecule has 4 aromatic rings. The molecular weight excluding hydrogens is 470 g/mol. The molecule has 2 aliphatic rings. The van der Waals surface area contributed by atoms with Crippen molar-refractivity contribution in [1.29, 1.82) is 0 Å². The van der Waals surface area contributed by atoms with Crippen molar-refractivity contribution in [2.75, 3.05) is 6.26 Å². The molecule has 6 rings (SSSR count). The first-order valence-corrected chi connectivity index (χ1v) is 14.3. The van der Waals surface area contributed by atoms with Gasteiger partial charge in [0.05, 0.1) is 18.3 Å². The predicted molar refractivity (Wildman–Crippen MR) is 145 cm³/mol. The summed E-state index contributed by atoms with van der Waals surface area (Å²) < 4.78 is 2.34. The summed E-state index contributed by atoms with van der Waals surface area (Å²) >= 11 is 3.67. The van der Waals surface area contributed by atoms with E-state index in [9.17, 15) is 4.79 Å². The third kappa shape index (κ3) is 4.19. The fourth-order valence-electron chi connectivity index (χ4n) is 5.40. The number of nitrogens with one attached hydrogen (secondary N) is 1. The maximum absolute atomic E-state index is 13.9. The number of thioether (sulfide) groups is 1. The van der Waals surface area contributed by atoms with Crippen molar-refractivity contribution in [3.8, 4) is 5.00 Å². The lowest BCUT2D eigenvalue weighted by atomic mass is 9.95. The van der Waals surface area contributed by atoms with Gasteiger partial charge in [-0.05, 0) is 72.9 Å². The highest BCUT2D eigenvalue weighted by molar-refractivity contribution is 7.98. The Bertz CT molecular complexity index is 1340. The number of aryl methyl sites for hydroxylation is 1. The van der Waals surface area contributed by atoms with Crippen LogP contribution in [0.4, 0.5) is 4.79 Å². The van der Waals surface area contributed by atoms with Gasteiger partial charge in [0.2, 0.25) is 0 Å². The van der Waals surface area contributed by atoms with Crippen molar-refractivity contribution in [3.05, 3.63) is 106 Å². The lowest BCUT2D eigenvalue weighted by Crippen LogP contribution is -2.41. The van der Waals surface area contributed by atoms with Gasteiger partial charge in [-0.3, -0.25) is 0 Å². The lowest BCUT2D eigenvalue weighted by Gasteiger charge is -2.31. The molecule has 0 spiro atoms. The van der Waals surface area contributed by atoms with E-state index in [0.717, 1.165) is 29.7 Å². The number of amides is 2. The Kier molecular flexibility index (Phi) is 6.17. The molecule has 1 aliphatic heterocycles. The molecule has 0 radical (unpaired) electrons. The Morgan fingerprint density at radius 1 is 1.00 bits per heavy atom. The topological polar surface area (TPSA) is 37.3 Å². The molecule has 2 aromatic carbocycles. The fourth-order valence-corrected chi connectivity index (χ4v) is 7.21. The van der Waals surface area contributed by atoms with E-state index in [-0.39, 0.29) is 12.1 Å². The van der Waals surface area contributed by atoms with E-state index in [4.69, 9.17) is 0 Å². The molecule has 2 aromatic heterocycles. The number of benzene rings is 2. The van der Waals surface area contributed by atoms with Crippen molar-refractivity contribution in [3.63, 3.8) is 0 Å². The van der Waals surface area contributed by atoms with Crippen LogP contribution >= 0.6 is 23.1 Å². The zero-order chi connectivity index (χ0) is 23.8. The number of urea groups is 1. The number of fused-ring (bicyclic) bond motifs is 5.